The molecule has 3 N–H and O–H groups in total. The Bertz CT molecular complexity index is 753. The summed E-state index contributed by atoms with van der Waals surface area (Å²) in [5, 5.41) is 30.3. The van der Waals surface area contributed by atoms with E-state index < -0.39 is 17.8 Å². The van der Waals surface area contributed by atoms with Crippen molar-refractivity contribution in [2.75, 3.05) is 0 Å². The van der Waals surface area contributed by atoms with E-state index >= 15 is 0 Å². The number of rotatable bonds is 6. The number of aliphatic hydroxyl groups excluding tert-OH is 2. The maximum absolute atomic E-state index is 10.2. The van der Waals surface area contributed by atoms with Gasteiger partial charge in [-0.15, -0.1) is 0 Å². The average Bonchev–Trinajstić information content (AvgIpc) is 3.03. The first-order chi connectivity index (χ1) is 14.4. The molecule has 3 nitrogen and oxygen atoms in total. The van der Waals surface area contributed by atoms with Crippen LogP contribution < -0.4 is 0 Å². The Labute approximate surface area is 189 Å². The minimum absolute atomic E-state index is 0.138. The largest absolute Gasteiger partial charge is 0.393 e. The summed E-state index contributed by atoms with van der Waals surface area (Å²) >= 11 is 0. The lowest BCUT2D eigenvalue weighted by molar-refractivity contribution is 0.0638. The van der Waals surface area contributed by atoms with Crippen molar-refractivity contribution in [3.05, 3.63) is 47.6 Å². The van der Waals surface area contributed by atoms with Gasteiger partial charge in [-0.25, -0.2) is 0 Å². The molecule has 0 unspecified atom stereocenters. The van der Waals surface area contributed by atoms with Crippen LogP contribution in [0.5, 0.6) is 0 Å². The van der Waals surface area contributed by atoms with E-state index in [0.717, 1.165) is 43.3 Å². The van der Waals surface area contributed by atoms with E-state index in [1.54, 1.807) is 0 Å². The number of allylic oxidation sites excluding steroid dienone is 4. The molecule has 3 saturated carbocycles. The first kappa shape index (κ1) is 24.5. The van der Waals surface area contributed by atoms with Crippen molar-refractivity contribution in [2.45, 2.75) is 103 Å². The summed E-state index contributed by atoms with van der Waals surface area (Å²) in [7, 11) is 0. The predicted molar refractivity (Wildman–Crippen MR) is 129 cm³/mol. The molecule has 3 aliphatic carbocycles. The van der Waals surface area contributed by atoms with Crippen LogP contribution >= 0.6 is 0 Å². The molecule has 0 aromatic heterocycles. The molecular weight excluding hydrogens is 384 g/mol. The zero-order chi connectivity index (χ0) is 23.0. The number of hydrogen-bond acceptors (Lipinski definition) is 3. The number of aliphatic hydroxyl groups is 3. The Kier molecular flexibility index (Phi) is 7.40. The number of fused-ring (bicyclic) bond motifs is 1. The highest BCUT2D eigenvalue weighted by molar-refractivity contribution is 5.40. The lowest BCUT2D eigenvalue weighted by Crippen LogP contribution is -2.37. The third-order valence-corrected chi connectivity index (χ3v) is 8.58. The summed E-state index contributed by atoms with van der Waals surface area (Å²) in [5.41, 5.74) is 4.21. The minimum atomic E-state index is -0.634. The van der Waals surface area contributed by atoms with Gasteiger partial charge in [0.05, 0.1) is 17.8 Å². The van der Waals surface area contributed by atoms with Crippen molar-refractivity contribution < 1.29 is 15.3 Å². The van der Waals surface area contributed by atoms with Crippen molar-refractivity contribution >= 4 is 0 Å². The second-order valence-electron chi connectivity index (χ2n) is 11.4. The van der Waals surface area contributed by atoms with E-state index in [9.17, 15) is 15.3 Å². The molecule has 0 aliphatic heterocycles. The van der Waals surface area contributed by atoms with Crippen molar-refractivity contribution in [1.29, 1.82) is 0 Å². The van der Waals surface area contributed by atoms with Crippen molar-refractivity contribution in [3.63, 3.8) is 0 Å². The van der Waals surface area contributed by atoms with Gasteiger partial charge in [0.1, 0.15) is 0 Å². The summed E-state index contributed by atoms with van der Waals surface area (Å²) in [4.78, 5) is 0. The molecule has 0 radical (unpaired) electrons. The molecule has 0 bridgehead atoms. The monoisotopic (exact) mass is 428 g/mol. The molecule has 0 saturated heterocycles. The zero-order valence-corrected chi connectivity index (χ0v) is 20.2. The van der Waals surface area contributed by atoms with E-state index in [1.165, 1.54) is 24.0 Å². The molecule has 3 aliphatic rings. The molecule has 0 heterocycles. The van der Waals surface area contributed by atoms with Crippen LogP contribution in [0.2, 0.25) is 0 Å². The molecule has 3 rings (SSSR count). The van der Waals surface area contributed by atoms with E-state index in [0.29, 0.717) is 30.6 Å². The first-order valence-corrected chi connectivity index (χ1v) is 12.3. The van der Waals surface area contributed by atoms with Crippen LogP contribution in [-0.2, 0) is 0 Å². The van der Waals surface area contributed by atoms with E-state index in [1.807, 2.05) is 13.8 Å². The lowest BCUT2D eigenvalue weighted by atomic mass is 9.58. The van der Waals surface area contributed by atoms with Crippen molar-refractivity contribution in [2.24, 2.45) is 23.2 Å². The van der Waals surface area contributed by atoms with Crippen LogP contribution in [0, 0.1) is 23.2 Å². The molecule has 0 aromatic rings. The fourth-order valence-electron chi connectivity index (χ4n) is 6.62. The highest BCUT2D eigenvalue weighted by Gasteiger charge is 2.52. The third-order valence-electron chi connectivity index (χ3n) is 8.58. The molecule has 3 heteroatoms. The summed E-state index contributed by atoms with van der Waals surface area (Å²) in [6, 6.07) is 0. The topological polar surface area (TPSA) is 60.7 Å². The van der Waals surface area contributed by atoms with Gasteiger partial charge < -0.3 is 15.3 Å². The van der Waals surface area contributed by atoms with Crippen molar-refractivity contribution in [3.8, 4) is 0 Å². The molecule has 31 heavy (non-hydrogen) atoms. The molecule has 6 atom stereocenters. The minimum Gasteiger partial charge on any atom is -0.393 e. The molecule has 174 valence electrons. The van der Waals surface area contributed by atoms with E-state index in [-0.39, 0.29) is 5.41 Å². The highest BCUT2D eigenvalue weighted by atomic mass is 16.3. The summed E-state index contributed by atoms with van der Waals surface area (Å²) < 4.78 is 0. The molecule has 0 aromatic carbocycles. The SMILES string of the molecule is C=C1/C(=C\C=C2/CCC(=C)[C@]3(C)[C@@H]([C@H](C)CCCC(C)(C)O)CC[C@@H]23)C[C@@H](O)C[C@@H]1O. The summed E-state index contributed by atoms with van der Waals surface area (Å²) in [6.07, 6.45) is 11.8. The fourth-order valence-corrected chi connectivity index (χ4v) is 6.62. The Morgan fingerprint density at radius 1 is 1.16 bits per heavy atom. The second-order valence-corrected chi connectivity index (χ2v) is 11.4. The fraction of sp³-hybridized carbons (Fsp3) is 0.714. The third kappa shape index (κ3) is 5.26. The van der Waals surface area contributed by atoms with Gasteiger partial charge in [-0.1, -0.05) is 63.1 Å². The molecular formula is C28H44O3. The van der Waals surface area contributed by atoms with E-state index in [4.69, 9.17) is 0 Å². The normalized spacial score (nSPS) is 38.0. The standard InChI is InChI=1S/C28H44O3/c1-18(8-7-15-27(4,5)31)24-13-14-25-21(10-9-19(2)28(24,25)6)11-12-22-16-23(29)17-26(30)20(22)3/h11-12,18,23-26,29-31H,2-3,7-10,13-17H2,1,4-6H3/b21-11+,22-12-/t18-,23-,24-,25+,26+,28-/m1/s1. The second kappa shape index (κ2) is 9.37. The van der Waals surface area contributed by atoms with Gasteiger partial charge in [0.2, 0.25) is 0 Å². The Morgan fingerprint density at radius 2 is 1.87 bits per heavy atom. The zero-order valence-electron chi connectivity index (χ0n) is 20.2. The van der Waals surface area contributed by atoms with Crippen LogP contribution in [0.15, 0.2) is 47.6 Å². The summed E-state index contributed by atoms with van der Waals surface area (Å²) in [6.45, 7) is 17.2. The number of hydrogen-bond donors (Lipinski definition) is 3. The Hall–Kier alpha value is -1.16. The smallest absolute Gasteiger partial charge is 0.0811 e. The summed E-state index contributed by atoms with van der Waals surface area (Å²) in [5.74, 6) is 1.78. The van der Waals surface area contributed by atoms with Gasteiger partial charge >= 0.3 is 0 Å². The lowest BCUT2D eigenvalue weighted by Gasteiger charge is -2.46. The van der Waals surface area contributed by atoms with Crippen molar-refractivity contribution in [1.82, 2.24) is 0 Å². The Morgan fingerprint density at radius 3 is 2.55 bits per heavy atom. The van der Waals surface area contributed by atoms with Gasteiger partial charge in [-0.05, 0) is 86.7 Å². The van der Waals surface area contributed by atoms with Crippen LogP contribution in [0.3, 0.4) is 0 Å². The molecule has 3 fully saturated rings. The van der Waals surface area contributed by atoms with Crippen LogP contribution in [-0.4, -0.2) is 33.1 Å². The van der Waals surface area contributed by atoms with Gasteiger partial charge in [-0.2, -0.15) is 0 Å². The highest BCUT2D eigenvalue weighted by Crippen LogP contribution is 2.61. The molecule has 0 spiro atoms. The van der Waals surface area contributed by atoms with Gasteiger partial charge in [-0.3, -0.25) is 0 Å². The van der Waals surface area contributed by atoms with Crippen LogP contribution in [0.25, 0.3) is 0 Å². The maximum Gasteiger partial charge on any atom is 0.0811 e. The van der Waals surface area contributed by atoms with Gasteiger partial charge in [0, 0.05) is 6.42 Å². The van der Waals surface area contributed by atoms with Gasteiger partial charge in [0.25, 0.3) is 0 Å². The van der Waals surface area contributed by atoms with Crippen LogP contribution in [0.1, 0.15) is 85.5 Å². The first-order valence-electron chi connectivity index (χ1n) is 12.3. The quantitative estimate of drug-likeness (QED) is 0.464. The predicted octanol–water partition coefficient (Wildman–Crippen LogP) is 5.87. The van der Waals surface area contributed by atoms with Gasteiger partial charge in [0.15, 0.2) is 0 Å². The molecule has 0 amide bonds. The average molecular weight is 429 g/mol. The Balaban J connectivity index is 1.76. The maximum atomic E-state index is 10.2. The van der Waals surface area contributed by atoms with E-state index in [2.05, 4.69) is 39.2 Å². The van der Waals surface area contributed by atoms with Crippen LogP contribution in [0.4, 0.5) is 0 Å².